The van der Waals surface area contributed by atoms with E-state index >= 15 is 0 Å². The summed E-state index contributed by atoms with van der Waals surface area (Å²) in [4.78, 5) is 16.1. The number of β-amino-alcohol motifs (C(OH)–C–C–N with tert-alkyl or cyclic N) is 1. The summed E-state index contributed by atoms with van der Waals surface area (Å²) in [6, 6.07) is 3.57. The maximum atomic E-state index is 11.9. The second kappa shape index (κ2) is 5.35. The fourth-order valence-corrected chi connectivity index (χ4v) is 2.55. The van der Waals surface area contributed by atoms with Crippen LogP contribution in [0.25, 0.3) is 0 Å². The second-order valence-electron chi connectivity index (χ2n) is 5.43. The van der Waals surface area contributed by atoms with E-state index in [0.29, 0.717) is 24.1 Å². The van der Waals surface area contributed by atoms with Crippen molar-refractivity contribution in [2.45, 2.75) is 18.9 Å². The highest BCUT2D eigenvalue weighted by atomic mass is 16.4. The van der Waals surface area contributed by atoms with Gasteiger partial charge >= 0.3 is 0 Å². The number of hydrogen-bond donors (Lipinski definition) is 1. The Kier molecular flexibility index (Phi) is 3.57. The average Bonchev–Trinajstić information content (AvgIpc) is 3.13. The molecule has 19 heavy (non-hydrogen) atoms. The maximum absolute atomic E-state index is 11.9. The second-order valence-corrected chi connectivity index (χ2v) is 5.43. The van der Waals surface area contributed by atoms with Crippen LogP contribution >= 0.6 is 0 Å². The molecule has 5 heteroatoms. The maximum Gasteiger partial charge on any atom is 0.225 e. The molecule has 0 bridgehead atoms. The molecular formula is C14H20N2O3. The Hall–Kier alpha value is -1.33. The summed E-state index contributed by atoms with van der Waals surface area (Å²) in [5.41, 5.74) is 0. The standard InChI is InChI=1S/C14H20N2O3/c17-12(13-2-1-9-19-13)10-15-5-7-16(8-6-15)14(18)11-3-4-11/h1-2,9,11-12,17H,3-8,10H2/t12-/m0/s1. The first-order valence-corrected chi connectivity index (χ1v) is 6.96. The minimum Gasteiger partial charge on any atom is -0.467 e. The van der Waals surface area contributed by atoms with Gasteiger partial charge < -0.3 is 14.4 Å². The molecule has 2 heterocycles. The van der Waals surface area contributed by atoms with Crippen LogP contribution in [-0.4, -0.2) is 53.5 Å². The van der Waals surface area contributed by atoms with Gasteiger partial charge in [-0.15, -0.1) is 0 Å². The summed E-state index contributed by atoms with van der Waals surface area (Å²) in [5.74, 6) is 1.24. The lowest BCUT2D eigenvalue weighted by molar-refractivity contribution is -0.134. The van der Waals surface area contributed by atoms with Gasteiger partial charge in [0.1, 0.15) is 11.9 Å². The van der Waals surface area contributed by atoms with Crippen LogP contribution in [0.15, 0.2) is 22.8 Å². The Morgan fingerprint density at radius 3 is 2.68 bits per heavy atom. The topological polar surface area (TPSA) is 56.9 Å². The van der Waals surface area contributed by atoms with E-state index in [4.69, 9.17) is 4.42 Å². The van der Waals surface area contributed by atoms with Crippen LogP contribution < -0.4 is 0 Å². The fraction of sp³-hybridized carbons (Fsp3) is 0.643. The van der Waals surface area contributed by atoms with Crippen molar-refractivity contribution in [2.75, 3.05) is 32.7 Å². The van der Waals surface area contributed by atoms with E-state index in [1.165, 1.54) is 0 Å². The third kappa shape index (κ3) is 2.98. The molecule has 1 aliphatic heterocycles. The first-order valence-electron chi connectivity index (χ1n) is 6.96. The molecule has 3 rings (SSSR count). The minimum absolute atomic E-state index is 0.306. The van der Waals surface area contributed by atoms with Crippen molar-refractivity contribution in [2.24, 2.45) is 5.92 Å². The minimum atomic E-state index is -0.583. The summed E-state index contributed by atoms with van der Waals surface area (Å²) >= 11 is 0. The molecule has 1 saturated carbocycles. The molecule has 1 amide bonds. The van der Waals surface area contributed by atoms with E-state index in [9.17, 15) is 9.90 Å². The number of aliphatic hydroxyl groups is 1. The van der Waals surface area contributed by atoms with Gasteiger partial charge in [0.25, 0.3) is 0 Å². The summed E-state index contributed by atoms with van der Waals surface area (Å²) in [7, 11) is 0. The van der Waals surface area contributed by atoms with Crippen molar-refractivity contribution in [1.29, 1.82) is 0 Å². The van der Waals surface area contributed by atoms with Crippen LogP contribution in [-0.2, 0) is 4.79 Å². The molecular weight excluding hydrogens is 244 g/mol. The van der Waals surface area contributed by atoms with Gasteiger partial charge in [-0.05, 0) is 25.0 Å². The summed E-state index contributed by atoms with van der Waals surface area (Å²) in [6.07, 6.45) is 3.12. The number of amides is 1. The number of carbonyl (C=O) groups excluding carboxylic acids is 1. The molecule has 1 atom stereocenters. The Labute approximate surface area is 112 Å². The first kappa shape index (κ1) is 12.7. The van der Waals surface area contributed by atoms with Gasteiger partial charge in [-0.3, -0.25) is 9.69 Å². The van der Waals surface area contributed by atoms with Crippen molar-refractivity contribution in [3.8, 4) is 0 Å². The molecule has 2 fully saturated rings. The van der Waals surface area contributed by atoms with Crippen LogP contribution in [0.4, 0.5) is 0 Å². The van der Waals surface area contributed by atoms with Crippen molar-refractivity contribution < 1.29 is 14.3 Å². The number of rotatable bonds is 4. The van der Waals surface area contributed by atoms with Crippen LogP contribution in [0.3, 0.4) is 0 Å². The first-order chi connectivity index (χ1) is 9.24. The number of aliphatic hydroxyl groups excluding tert-OH is 1. The summed E-state index contributed by atoms with van der Waals surface area (Å²) in [5, 5.41) is 10.0. The van der Waals surface area contributed by atoms with Crippen molar-refractivity contribution in [3.63, 3.8) is 0 Å². The largest absolute Gasteiger partial charge is 0.467 e. The summed E-state index contributed by atoms with van der Waals surface area (Å²) in [6.45, 7) is 3.78. The van der Waals surface area contributed by atoms with Gasteiger partial charge in [-0.1, -0.05) is 0 Å². The average molecular weight is 264 g/mol. The molecule has 0 spiro atoms. The quantitative estimate of drug-likeness (QED) is 0.876. The Morgan fingerprint density at radius 1 is 1.37 bits per heavy atom. The number of furan rings is 1. The Bertz CT molecular complexity index is 420. The van der Waals surface area contributed by atoms with E-state index in [2.05, 4.69) is 4.90 Å². The molecule has 0 radical (unpaired) electrons. The number of carbonyl (C=O) groups is 1. The lowest BCUT2D eigenvalue weighted by Crippen LogP contribution is -2.50. The van der Waals surface area contributed by atoms with Gasteiger partial charge in [-0.2, -0.15) is 0 Å². The highest BCUT2D eigenvalue weighted by molar-refractivity contribution is 5.81. The molecule has 104 valence electrons. The normalized spacial score (nSPS) is 22.5. The molecule has 1 aromatic rings. The van der Waals surface area contributed by atoms with Crippen molar-refractivity contribution in [1.82, 2.24) is 9.80 Å². The van der Waals surface area contributed by atoms with E-state index < -0.39 is 6.10 Å². The van der Waals surface area contributed by atoms with Crippen LogP contribution in [0.1, 0.15) is 24.7 Å². The van der Waals surface area contributed by atoms with E-state index in [0.717, 1.165) is 39.0 Å². The zero-order chi connectivity index (χ0) is 13.2. The number of piperazine rings is 1. The van der Waals surface area contributed by atoms with Crippen LogP contribution in [0, 0.1) is 5.92 Å². The SMILES string of the molecule is O=C(C1CC1)N1CCN(C[C@H](O)c2ccco2)CC1. The number of nitrogens with zero attached hydrogens (tertiary/aromatic N) is 2. The molecule has 1 aliphatic carbocycles. The van der Waals surface area contributed by atoms with Crippen LogP contribution in [0.2, 0.25) is 0 Å². The Balaban J connectivity index is 1.46. The third-order valence-corrected chi connectivity index (χ3v) is 3.91. The van der Waals surface area contributed by atoms with E-state index in [-0.39, 0.29) is 0 Å². The van der Waals surface area contributed by atoms with Crippen molar-refractivity contribution >= 4 is 5.91 Å². The van der Waals surface area contributed by atoms with Gasteiger partial charge in [0.05, 0.1) is 6.26 Å². The monoisotopic (exact) mass is 264 g/mol. The summed E-state index contributed by atoms with van der Waals surface area (Å²) < 4.78 is 5.19. The zero-order valence-electron chi connectivity index (χ0n) is 11.0. The highest BCUT2D eigenvalue weighted by Crippen LogP contribution is 2.31. The Morgan fingerprint density at radius 2 is 2.11 bits per heavy atom. The lowest BCUT2D eigenvalue weighted by atomic mass is 10.2. The molecule has 1 N–H and O–H groups in total. The molecule has 1 saturated heterocycles. The highest BCUT2D eigenvalue weighted by Gasteiger charge is 2.34. The van der Waals surface area contributed by atoms with Gasteiger partial charge in [-0.25, -0.2) is 0 Å². The molecule has 5 nitrogen and oxygen atoms in total. The fourth-order valence-electron chi connectivity index (χ4n) is 2.55. The van der Waals surface area contributed by atoms with Crippen LogP contribution in [0.5, 0.6) is 0 Å². The lowest BCUT2D eigenvalue weighted by Gasteiger charge is -2.35. The molecule has 2 aliphatic rings. The van der Waals surface area contributed by atoms with E-state index in [1.54, 1.807) is 18.4 Å². The van der Waals surface area contributed by atoms with Gasteiger partial charge in [0.2, 0.25) is 5.91 Å². The third-order valence-electron chi connectivity index (χ3n) is 3.91. The zero-order valence-corrected chi connectivity index (χ0v) is 11.0. The number of hydrogen-bond acceptors (Lipinski definition) is 4. The predicted molar refractivity (Wildman–Crippen MR) is 69.4 cm³/mol. The van der Waals surface area contributed by atoms with Gasteiger partial charge in [0, 0.05) is 38.6 Å². The molecule has 0 unspecified atom stereocenters. The predicted octanol–water partition coefficient (Wildman–Crippen LogP) is 0.867. The van der Waals surface area contributed by atoms with E-state index in [1.807, 2.05) is 4.90 Å². The van der Waals surface area contributed by atoms with Gasteiger partial charge in [0.15, 0.2) is 0 Å². The molecule has 1 aromatic heterocycles. The van der Waals surface area contributed by atoms with Crippen molar-refractivity contribution in [3.05, 3.63) is 24.2 Å². The smallest absolute Gasteiger partial charge is 0.225 e. The molecule has 0 aromatic carbocycles.